The van der Waals surface area contributed by atoms with Crippen LogP contribution in [-0.2, 0) is 0 Å². The zero-order chi connectivity index (χ0) is 9.73. The SMILES string of the molecule is C=CCN1CCC1(CC=C)CC=C. The van der Waals surface area contributed by atoms with Crippen LogP contribution in [0.5, 0.6) is 0 Å². The number of hydrogen-bond donors (Lipinski definition) is 0. The van der Waals surface area contributed by atoms with Gasteiger partial charge in [0.05, 0.1) is 0 Å². The minimum Gasteiger partial charge on any atom is -0.293 e. The fourth-order valence-electron chi connectivity index (χ4n) is 2.11. The Morgan fingerprint density at radius 2 is 1.69 bits per heavy atom. The first-order valence-electron chi connectivity index (χ1n) is 4.87. The van der Waals surface area contributed by atoms with Gasteiger partial charge in [0, 0.05) is 18.6 Å². The summed E-state index contributed by atoms with van der Waals surface area (Å²) < 4.78 is 0. The number of hydrogen-bond acceptors (Lipinski definition) is 1. The first-order chi connectivity index (χ1) is 6.29. The number of nitrogens with zero attached hydrogens (tertiary/aromatic N) is 1. The van der Waals surface area contributed by atoms with Gasteiger partial charge < -0.3 is 0 Å². The Hall–Kier alpha value is -0.820. The summed E-state index contributed by atoms with van der Waals surface area (Å²) in [7, 11) is 0. The van der Waals surface area contributed by atoms with Gasteiger partial charge in [0.2, 0.25) is 0 Å². The fourth-order valence-corrected chi connectivity index (χ4v) is 2.11. The molecule has 1 aliphatic heterocycles. The largest absolute Gasteiger partial charge is 0.293 e. The van der Waals surface area contributed by atoms with Gasteiger partial charge in [-0.3, -0.25) is 4.90 Å². The average Bonchev–Trinajstić information content (AvgIpc) is 2.12. The van der Waals surface area contributed by atoms with E-state index >= 15 is 0 Å². The topological polar surface area (TPSA) is 3.24 Å². The van der Waals surface area contributed by atoms with Crippen LogP contribution < -0.4 is 0 Å². The second-order valence-electron chi connectivity index (χ2n) is 3.69. The van der Waals surface area contributed by atoms with Crippen LogP contribution >= 0.6 is 0 Å². The van der Waals surface area contributed by atoms with Crippen molar-refractivity contribution in [1.82, 2.24) is 4.90 Å². The van der Waals surface area contributed by atoms with Crippen molar-refractivity contribution >= 4 is 0 Å². The van der Waals surface area contributed by atoms with Crippen LogP contribution in [0, 0.1) is 0 Å². The smallest absolute Gasteiger partial charge is 0.0293 e. The summed E-state index contributed by atoms with van der Waals surface area (Å²) >= 11 is 0. The molecule has 13 heavy (non-hydrogen) atoms. The van der Waals surface area contributed by atoms with E-state index in [1.165, 1.54) is 13.0 Å². The molecule has 1 heterocycles. The lowest BCUT2D eigenvalue weighted by molar-refractivity contribution is 0.00103. The average molecular weight is 177 g/mol. The van der Waals surface area contributed by atoms with E-state index < -0.39 is 0 Å². The van der Waals surface area contributed by atoms with Crippen molar-refractivity contribution in [3.63, 3.8) is 0 Å². The van der Waals surface area contributed by atoms with E-state index in [0.29, 0.717) is 5.54 Å². The lowest BCUT2D eigenvalue weighted by Crippen LogP contribution is -2.59. The number of rotatable bonds is 6. The predicted molar refractivity (Wildman–Crippen MR) is 58.7 cm³/mol. The van der Waals surface area contributed by atoms with Crippen molar-refractivity contribution in [1.29, 1.82) is 0 Å². The van der Waals surface area contributed by atoms with Gasteiger partial charge in [0.15, 0.2) is 0 Å². The van der Waals surface area contributed by atoms with Crippen molar-refractivity contribution in [3.05, 3.63) is 38.0 Å². The van der Waals surface area contributed by atoms with Crippen LogP contribution in [0.25, 0.3) is 0 Å². The predicted octanol–water partition coefficient (Wildman–Crippen LogP) is 2.77. The van der Waals surface area contributed by atoms with Gasteiger partial charge in [0.1, 0.15) is 0 Å². The molecule has 0 aromatic carbocycles. The molecule has 0 spiro atoms. The Kier molecular flexibility index (Phi) is 3.49. The van der Waals surface area contributed by atoms with Gasteiger partial charge in [0.25, 0.3) is 0 Å². The molecule has 1 nitrogen and oxygen atoms in total. The molecule has 0 atom stereocenters. The van der Waals surface area contributed by atoms with Crippen LogP contribution in [0.4, 0.5) is 0 Å². The first kappa shape index (κ1) is 10.3. The number of likely N-dealkylation sites (tertiary alicyclic amines) is 1. The second kappa shape index (κ2) is 4.43. The van der Waals surface area contributed by atoms with Gasteiger partial charge in [-0.05, 0) is 19.3 Å². The molecule has 1 fully saturated rings. The molecule has 1 rings (SSSR count). The molecular formula is C12H19N. The Labute approximate surface area is 81.4 Å². The van der Waals surface area contributed by atoms with Crippen LogP contribution in [0.1, 0.15) is 19.3 Å². The van der Waals surface area contributed by atoms with Gasteiger partial charge in [-0.25, -0.2) is 0 Å². The minimum atomic E-state index is 0.317. The third-order valence-electron chi connectivity index (χ3n) is 2.92. The summed E-state index contributed by atoms with van der Waals surface area (Å²) in [5.41, 5.74) is 0.317. The van der Waals surface area contributed by atoms with E-state index in [2.05, 4.69) is 24.6 Å². The first-order valence-corrected chi connectivity index (χ1v) is 4.87. The van der Waals surface area contributed by atoms with Crippen LogP contribution in [-0.4, -0.2) is 23.5 Å². The molecule has 0 amide bonds. The third kappa shape index (κ3) is 1.92. The van der Waals surface area contributed by atoms with Crippen molar-refractivity contribution in [3.8, 4) is 0 Å². The van der Waals surface area contributed by atoms with Crippen LogP contribution in [0.15, 0.2) is 38.0 Å². The maximum Gasteiger partial charge on any atom is 0.0293 e. The molecule has 1 heteroatoms. The summed E-state index contributed by atoms with van der Waals surface area (Å²) in [6.45, 7) is 13.6. The molecule has 0 aliphatic carbocycles. The molecule has 0 bridgehead atoms. The monoisotopic (exact) mass is 177 g/mol. The van der Waals surface area contributed by atoms with E-state index in [1.54, 1.807) is 0 Å². The van der Waals surface area contributed by atoms with E-state index in [1.807, 2.05) is 18.2 Å². The molecule has 0 radical (unpaired) electrons. The summed E-state index contributed by atoms with van der Waals surface area (Å²) in [6.07, 6.45) is 9.39. The maximum atomic E-state index is 3.82. The molecule has 0 N–H and O–H groups in total. The van der Waals surface area contributed by atoms with Crippen molar-refractivity contribution in [2.45, 2.75) is 24.8 Å². The van der Waals surface area contributed by atoms with Gasteiger partial charge in [-0.15, -0.1) is 19.7 Å². The Morgan fingerprint density at radius 3 is 2.00 bits per heavy atom. The van der Waals surface area contributed by atoms with Crippen molar-refractivity contribution in [2.75, 3.05) is 13.1 Å². The Balaban J connectivity index is 2.60. The molecule has 1 saturated heterocycles. The summed E-state index contributed by atoms with van der Waals surface area (Å²) in [5, 5.41) is 0. The zero-order valence-corrected chi connectivity index (χ0v) is 8.34. The summed E-state index contributed by atoms with van der Waals surface area (Å²) in [4.78, 5) is 2.46. The molecule has 0 aromatic rings. The van der Waals surface area contributed by atoms with Crippen LogP contribution in [0.3, 0.4) is 0 Å². The Bertz CT molecular complexity index is 195. The zero-order valence-electron chi connectivity index (χ0n) is 8.34. The highest BCUT2D eigenvalue weighted by atomic mass is 15.2. The van der Waals surface area contributed by atoms with E-state index in [0.717, 1.165) is 19.4 Å². The van der Waals surface area contributed by atoms with Crippen LogP contribution in [0.2, 0.25) is 0 Å². The summed E-state index contributed by atoms with van der Waals surface area (Å²) in [6, 6.07) is 0. The molecule has 0 unspecified atom stereocenters. The van der Waals surface area contributed by atoms with Crippen molar-refractivity contribution < 1.29 is 0 Å². The van der Waals surface area contributed by atoms with Gasteiger partial charge in [-0.1, -0.05) is 18.2 Å². The van der Waals surface area contributed by atoms with Gasteiger partial charge in [-0.2, -0.15) is 0 Å². The third-order valence-corrected chi connectivity index (χ3v) is 2.92. The molecule has 72 valence electrons. The maximum absolute atomic E-state index is 3.82. The van der Waals surface area contributed by atoms with Gasteiger partial charge >= 0.3 is 0 Å². The van der Waals surface area contributed by atoms with E-state index in [-0.39, 0.29) is 0 Å². The lowest BCUT2D eigenvalue weighted by atomic mass is 9.78. The molecular weight excluding hydrogens is 158 g/mol. The highest BCUT2D eigenvalue weighted by Gasteiger charge is 2.41. The Morgan fingerprint density at radius 1 is 1.08 bits per heavy atom. The highest BCUT2D eigenvalue weighted by molar-refractivity contribution is 5.07. The minimum absolute atomic E-state index is 0.317. The molecule has 0 aromatic heterocycles. The highest BCUT2D eigenvalue weighted by Crippen LogP contribution is 2.37. The lowest BCUT2D eigenvalue weighted by Gasteiger charge is -2.52. The fraction of sp³-hybridized carbons (Fsp3) is 0.500. The van der Waals surface area contributed by atoms with E-state index in [4.69, 9.17) is 0 Å². The van der Waals surface area contributed by atoms with E-state index in [9.17, 15) is 0 Å². The molecule has 1 aliphatic rings. The van der Waals surface area contributed by atoms with Crippen molar-refractivity contribution in [2.24, 2.45) is 0 Å². The second-order valence-corrected chi connectivity index (χ2v) is 3.69. The molecule has 0 saturated carbocycles. The quantitative estimate of drug-likeness (QED) is 0.564. The summed E-state index contributed by atoms with van der Waals surface area (Å²) in [5.74, 6) is 0. The standard InChI is InChI=1S/C12H19N/c1-4-7-12(8-5-2)9-11-13(12)10-6-3/h4-6H,1-3,7-11H2. The normalized spacial score (nSPS) is 20.3.